The monoisotopic (exact) mass is 295 g/mol. The Kier molecular flexibility index (Phi) is 4.57. The van der Waals surface area contributed by atoms with Gasteiger partial charge in [0.05, 0.1) is 24.8 Å². The molecule has 1 saturated heterocycles. The molecule has 1 heterocycles. The van der Waals surface area contributed by atoms with Crippen LogP contribution in [0.5, 0.6) is 0 Å². The molecular formula is C15H18FNO4. The zero-order valence-corrected chi connectivity index (χ0v) is 12.0. The van der Waals surface area contributed by atoms with Crippen molar-refractivity contribution in [3.05, 3.63) is 35.1 Å². The summed E-state index contributed by atoms with van der Waals surface area (Å²) in [6.07, 6.45) is 0. The number of carbonyl (C=O) groups excluding carboxylic acids is 1. The van der Waals surface area contributed by atoms with Gasteiger partial charge >= 0.3 is 5.97 Å². The molecule has 2 unspecified atom stereocenters. The normalized spacial score (nSPS) is 21.3. The maximum Gasteiger partial charge on any atom is 0.311 e. The predicted molar refractivity (Wildman–Crippen MR) is 73.6 cm³/mol. The molecule has 1 aromatic rings. The average molecular weight is 295 g/mol. The second kappa shape index (κ2) is 6.22. The Morgan fingerprint density at radius 1 is 1.43 bits per heavy atom. The number of nitrogens with zero attached hydrogens (tertiary/aromatic N) is 1. The van der Waals surface area contributed by atoms with Crippen LogP contribution in [0.25, 0.3) is 0 Å². The van der Waals surface area contributed by atoms with E-state index in [1.165, 1.54) is 11.0 Å². The van der Waals surface area contributed by atoms with Crippen LogP contribution < -0.4 is 0 Å². The summed E-state index contributed by atoms with van der Waals surface area (Å²) in [5.74, 6) is -2.84. The summed E-state index contributed by atoms with van der Waals surface area (Å²) in [4.78, 5) is 25.1. The van der Waals surface area contributed by atoms with Gasteiger partial charge in [-0.05, 0) is 25.5 Å². The highest BCUT2D eigenvalue weighted by Gasteiger charge is 2.40. The Morgan fingerprint density at radius 3 is 2.76 bits per heavy atom. The molecule has 1 fully saturated rings. The third-order valence-electron chi connectivity index (χ3n) is 3.79. The summed E-state index contributed by atoms with van der Waals surface area (Å²) in [6, 6.07) is 4.04. The molecule has 1 aliphatic heterocycles. The number of carbonyl (C=O) groups is 2. The van der Waals surface area contributed by atoms with Gasteiger partial charge in [-0.3, -0.25) is 9.59 Å². The molecule has 114 valence electrons. The highest BCUT2D eigenvalue weighted by atomic mass is 19.1. The molecule has 0 radical (unpaired) electrons. The van der Waals surface area contributed by atoms with Gasteiger partial charge in [0.1, 0.15) is 11.7 Å². The number of rotatable bonds is 4. The third kappa shape index (κ3) is 2.90. The SMILES string of the molecule is CCN(C(=O)c1cccc(C)c1F)C1COCC1C(=O)O. The zero-order chi connectivity index (χ0) is 15.6. The first-order chi connectivity index (χ1) is 9.97. The van der Waals surface area contributed by atoms with Crippen molar-refractivity contribution in [2.24, 2.45) is 5.92 Å². The van der Waals surface area contributed by atoms with Gasteiger partial charge in [0.25, 0.3) is 5.91 Å². The second-order valence-electron chi connectivity index (χ2n) is 5.08. The summed E-state index contributed by atoms with van der Waals surface area (Å²) in [7, 11) is 0. The number of carboxylic acids is 1. The number of amides is 1. The van der Waals surface area contributed by atoms with Crippen LogP contribution >= 0.6 is 0 Å². The molecule has 0 aromatic heterocycles. The van der Waals surface area contributed by atoms with Gasteiger partial charge in [-0.25, -0.2) is 4.39 Å². The first kappa shape index (κ1) is 15.4. The van der Waals surface area contributed by atoms with E-state index in [1.54, 1.807) is 26.0 Å². The van der Waals surface area contributed by atoms with Gasteiger partial charge < -0.3 is 14.7 Å². The zero-order valence-electron chi connectivity index (χ0n) is 12.0. The average Bonchev–Trinajstić information content (AvgIpc) is 2.92. The minimum atomic E-state index is -1.01. The molecule has 5 nitrogen and oxygen atoms in total. The largest absolute Gasteiger partial charge is 0.481 e. The fourth-order valence-corrected chi connectivity index (χ4v) is 2.58. The molecule has 6 heteroatoms. The van der Waals surface area contributed by atoms with Crippen molar-refractivity contribution in [2.75, 3.05) is 19.8 Å². The van der Waals surface area contributed by atoms with Crippen molar-refractivity contribution in [2.45, 2.75) is 19.9 Å². The first-order valence-corrected chi connectivity index (χ1v) is 6.84. The van der Waals surface area contributed by atoms with E-state index in [0.717, 1.165) is 0 Å². The van der Waals surface area contributed by atoms with Crippen LogP contribution in [-0.2, 0) is 9.53 Å². The van der Waals surface area contributed by atoms with Crippen LogP contribution in [0, 0.1) is 18.7 Å². The first-order valence-electron chi connectivity index (χ1n) is 6.84. The summed E-state index contributed by atoms with van der Waals surface area (Å²) in [6.45, 7) is 3.85. The van der Waals surface area contributed by atoms with Crippen molar-refractivity contribution >= 4 is 11.9 Å². The van der Waals surface area contributed by atoms with Gasteiger partial charge in [-0.15, -0.1) is 0 Å². The Balaban J connectivity index is 2.30. The van der Waals surface area contributed by atoms with Gasteiger partial charge in [0.15, 0.2) is 0 Å². The number of aryl methyl sites for hydroxylation is 1. The Hall–Kier alpha value is -1.95. The number of hydrogen-bond donors (Lipinski definition) is 1. The fraction of sp³-hybridized carbons (Fsp3) is 0.467. The van der Waals surface area contributed by atoms with E-state index in [9.17, 15) is 19.1 Å². The van der Waals surface area contributed by atoms with E-state index >= 15 is 0 Å². The van der Waals surface area contributed by atoms with E-state index in [-0.39, 0.29) is 18.8 Å². The van der Waals surface area contributed by atoms with E-state index in [4.69, 9.17) is 4.74 Å². The van der Waals surface area contributed by atoms with Crippen molar-refractivity contribution < 1.29 is 23.8 Å². The quantitative estimate of drug-likeness (QED) is 0.918. The number of ether oxygens (including phenoxy) is 1. The van der Waals surface area contributed by atoms with Gasteiger partial charge in [-0.2, -0.15) is 0 Å². The Labute approximate surface area is 122 Å². The highest BCUT2D eigenvalue weighted by molar-refractivity contribution is 5.95. The molecule has 0 bridgehead atoms. The topological polar surface area (TPSA) is 66.8 Å². The summed E-state index contributed by atoms with van der Waals surface area (Å²) >= 11 is 0. The number of carboxylic acid groups (broad SMARTS) is 1. The van der Waals surface area contributed by atoms with Crippen LogP contribution in [0.1, 0.15) is 22.8 Å². The third-order valence-corrected chi connectivity index (χ3v) is 3.79. The van der Waals surface area contributed by atoms with Crippen LogP contribution in [0.15, 0.2) is 18.2 Å². The molecule has 0 spiro atoms. The van der Waals surface area contributed by atoms with E-state index in [1.807, 2.05) is 0 Å². The van der Waals surface area contributed by atoms with Crippen molar-refractivity contribution in [3.8, 4) is 0 Å². The summed E-state index contributed by atoms with van der Waals surface area (Å²) in [5.41, 5.74) is 0.349. The number of hydrogen-bond acceptors (Lipinski definition) is 3. The van der Waals surface area contributed by atoms with Crippen molar-refractivity contribution in [3.63, 3.8) is 0 Å². The minimum absolute atomic E-state index is 0.0344. The standard InChI is InChI=1S/C15H18FNO4/c1-3-17(12-8-21-7-11(12)15(19)20)14(18)10-6-4-5-9(2)13(10)16/h4-6,11-12H,3,7-8H2,1-2H3,(H,19,20). The smallest absolute Gasteiger partial charge is 0.311 e. The Bertz CT molecular complexity index is 561. The number of halogens is 1. The van der Waals surface area contributed by atoms with Crippen LogP contribution in [0.4, 0.5) is 4.39 Å². The maximum absolute atomic E-state index is 14.1. The Morgan fingerprint density at radius 2 is 2.14 bits per heavy atom. The lowest BCUT2D eigenvalue weighted by molar-refractivity contribution is -0.142. The molecule has 0 aliphatic carbocycles. The second-order valence-corrected chi connectivity index (χ2v) is 5.08. The molecule has 1 aromatic carbocycles. The minimum Gasteiger partial charge on any atom is -0.481 e. The van der Waals surface area contributed by atoms with Crippen LogP contribution in [0.2, 0.25) is 0 Å². The molecule has 1 aliphatic rings. The van der Waals surface area contributed by atoms with Gasteiger partial charge in [0, 0.05) is 6.54 Å². The molecule has 21 heavy (non-hydrogen) atoms. The summed E-state index contributed by atoms with van der Waals surface area (Å²) < 4.78 is 19.3. The number of aliphatic carboxylic acids is 1. The predicted octanol–water partition coefficient (Wildman–Crippen LogP) is 1.70. The van der Waals surface area contributed by atoms with Crippen LogP contribution in [0.3, 0.4) is 0 Å². The molecule has 0 saturated carbocycles. The summed E-state index contributed by atoms with van der Waals surface area (Å²) in [5, 5.41) is 9.19. The lowest BCUT2D eigenvalue weighted by atomic mass is 10.0. The molecule has 2 atom stereocenters. The number of likely N-dealkylation sites (N-methyl/N-ethyl adjacent to an activating group) is 1. The number of benzene rings is 1. The van der Waals surface area contributed by atoms with Crippen LogP contribution in [-0.4, -0.2) is 47.7 Å². The lowest BCUT2D eigenvalue weighted by Crippen LogP contribution is -2.46. The van der Waals surface area contributed by atoms with Crippen molar-refractivity contribution in [1.29, 1.82) is 0 Å². The maximum atomic E-state index is 14.1. The molecule has 1 N–H and O–H groups in total. The van der Waals surface area contributed by atoms with E-state index in [0.29, 0.717) is 12.1 Å². The van der Waals surface area contributed by atoms with E-state index < -0.39 is 29.7 Å². The van der Waals surface area contributed by atoms with E-state index in [2.05, 4.69) is 0 Å². The van der Waals surface area contributed by atoms with Gasteiger partial charge in [0.2, 0.25) is 0 Å². The van der Waals surface area contributed by atoms with Gasteiger partial charge in [-0.1, -0.05) is 12.1 Å². The molecule has 1 amide bonds. The van der Waals surface area contributed by atoms with Crippen molar-refractivity contribution in [1.82, 2.24) is 4.90 Å². The lowest BCUT2D eigenvalue weighted by Gasteiger charge is -2.29. The molecular weight excluding hydrogens is 277 g/mol. The highest BCUT2D eigenvalue weighted by Crippen LogP contribution is 2.23. The molecule has 2 rings (SSSR count). The fourth-order valence-electron chi connectivity index (χ4n) is 2.58.